The number of nitrogens with two attached hydrogens (primary N) is 1. The molecule has 0 spiro atoms. The maximum atomic E-state index is 12.5. The third kappa shape index (κ3) is 2.69. The first kappa shape index (κ1) is 13.8. The van der Waals surface area contributed by atoms with E-state index in [-0.39, 0.29) is 5.41 Å². The summed E-state index contributed by atoms with van der Waals surface area (Å²) in [5.74, 6) is 0. The van der Waals surface area contributed by atoms with Crippen LogP contribution >= 0.6 is 11.3 Å². The van der Waals surface area contributed by atoms with Crippen molar-refractivity contribution in [3.8, 4) is 0 Å². The fourth-order valence-electron chi connectivity index (χ4n) is 2.25. The van der Waals surface area contributed by atoms with E-state index in [0.717, 1.165) is 25.7 Å². The number of alkyl halides is 3. The van der Waals surface area contributed by atoms with Gasteiger partial charge in [0.15, 0.2) is 5.01 Å². The third-order valence-electron chi connectivity index (χ3n) is 3.73. The molecule has 1 fully saturated rings. The van der Waals surface area contributed by atoms with E-state index >= 15 is 0 Å². The van der Waals surface area contributed by atoms with Gasteiger partial charge in [-0.2, -0.15) is 13.2 Å². The Balaban J connectivity index is 2.19. The molecule has 0 unspecified atom stereocenters. The van der Waals surface area contributed by atoms with E-state index in [1.165, 1.54) is 6.20 Å². The van der Waals surface area contributed by atoms with Crippen LogP contribution in [0.1, 0.15) is 49.4 Å². The van der Waals surface area contributed by atoms with Gasteiger partial charge in [-0.3, -0.25) is 0 Å². The van der Waals surface area contributed by atoms with Crippen molar-refractivity contribution in [2.75, 3.05) is 0 Å². The van der Waals surface area contributed by atoms with Crippen molar-refractivity contribution >= 4 is 11.3 Å². The molecule has 2 N–H and O–H groups in total. The molecule has 0 aliphatic heterocycles. The highest BCUT2D eigenvalue weighted by atomic mass is 32.1. The maximum Gasteiger partial charge on any atom is 0.443 e. The summed E-state index contributed by atoms with van der Waals surface area (Å²) in [5.41, 5.74) is 5.87. The van der Waals surface area contributed by atoms with Gasteiger partial charge in [-0.1, -0.05) is 13.8 Å². The maximum absolute atomic E-state index is 12.5. The van der Waals surface area contributed by atoms with Crippen molar-refractivity contribution in [2.45, 2.75) is 51.2 Å². The van der Waals surface area contributed by atoms with Crippen LogP contribution in [-0.4, -0.2) is 4.98 Å². The Morgan fingerprint density at radius 3 is 2.22 bits per heavy atom. The second kappa shape index (κ2) is 4.20. The number of aromatic nitrogens is 1. The first-order valence-electron chi connectivity index (χ1n) is 5.95. The van der Waals surface area contributed by atoms with Crippen LogP contribution in [0.4, 0.5) is 13.2 Å². The predicted molar refractivity (Wildman–Crippen MR) is 65.2 cm³/mol. The molecule has 1 saturated carbocycles. The molecule has 0 bridgehead atoms. The molecule has 0 amide bonds. The van der Waals surface area contributed by atoms with E-state index in [2.05, 4.69) is 18.8 Å². The van der Waals surface area contributed by atoms with Crippen LogP contribution in [0.15, 0.2) is 6.20 Å². The van der Waals surface area contributed by atoms with E-state index in [1.807, 2.05) is 0 Å². The Morgan fingerprint density at radius 2 is 1.78 bits per heavy atom. The number of hydrogen-bond acceptors (Lipinski definition) is 3. The Bertz CT molecular complexity index is 427. The Morgan fingerprint density at radius 1 is 1.22 bits per heavy atom. The minimum atomic E-state index is -4.37. The van der Waals surface area contributed by atoms with Crippen molar-refractivity contribution < 1.29 is 13.2 Å². The van der Waals surface area contributed by atoms with Gasteiger partial charge in [0.1, 0.15) is 0 Å². The van der Waals surface area contributed by atoms with Crippen LogP contribution in [0.3, 0.4) is 0 Å². The fourth-order valence-corrected chi connectivity index (χ4v) is 3.20. The van der Waals surface area contributed by atoms with Gasteiger partial charge in [-0.25, -0.2) is 4.98 Å². The summed E-state index contributed by atoms with van der Waals surface area (Å²) in [5, 5.41) is -0.799. The van der Waals surface area contributed by atoms with Crippen LogP contribution in [0.2, 0.25) is 0 Å². The van der Waals surface area contributed by atoms with Crippen LogP contribution in [-0.2, 0) is 11.7 Å². The normalized spacial score (nSPS) is 23.0. The van der Waals surface area contributed by atoms with E-state index in [1.54, 1.807) is 0 Å². The summed E-state index contributed by atoms with van der Waals surface area (Å²) < 4.78 is 37.6. The summed E-state index contributed by atoms with van der Waals surface area (Å²) in [4.78, 5) is 4.02. The van der Waals surface area contributed by atoms with Crippen molar-refractivity contribution in [1.82, 2.24) is 4.98 Å². The fraction of sp³-hybridized carbons (Fsp3) is 0.750. The third-order valence-corrected chi connectivity index (χ3v) is 5.00. The van der Waals surface area contributed by atoms with Gasteiger partial charge >= 0.3 is 6.18 Å². The SMILES string of the molecule is CC1(C)CCC(N)(c2cnc(C(F)(F)F)s2)CC1. The van der Waals surface area contributed by atoms with Crippen molar-refractivity contribution in [3.63, 3.8) is 0 Å². The van der Waals surface area contributed by atoms with Crippen LogP contribution < -0.4 is 5.73 Å². The molecule has 0 aromatic carbocycles. The molecular weight excluding hydrogens is 261 g/mol. The highest BCUT2D eigenvalue weighted by Gasteiger charge is 2.41. The summed E-state index contributed by atoms with van der Waals surface area (Å²) in [7, 11) is 0. The van der Waals surface area contributed by atoms with Gasteiger partial charge in [-0.15, -0.1) is 11.3 Å². The van der Waals surface area contributed by atoms with Crippen molar-refractivity contribution in [1.29, 1.82) is 0 Å². The number of halogens is 3. The molecular formula is C12H17F3N2S. The van der Waals surface area contributed by atoms with Crippen molar-refractivity contribution in [3.05, 3.63) is 16.1 Å². The Hall–Kier alpha value is -0.620. The van der Waals surface area contributed by atoms with E-state index < -0.39 is 16.7 Å². The Labute approximate surface area is 108 Å². The quantitative estimate of drug-likeness (QED) is 0.845. The van der Waals surface area contributed by atoms with Crippen LogP contribution in [0.25, 0.3) is 0 Å². The van der Waals surface area contributed by atoms with Crippen LogP contribution in [0, 0.1) is 5.41 Å². The predicted octanol–water partition coefficient (Wildman–Crippen LogP) is 3.92. The second-order valence-electron chi connectivity index (χ2n) is 5.85. The zero-order chi connectivity index (χ0) is 13.6. The summed E-state index contributed by atoms with van der Waals surface area (Å²) in [6.07, 6.45) is 0.240. The number of hydrogen-bond donors (Lipinski definition) is 1. The van der Waals surface area contributed by atoms with Gasteiger partial charge in [0.25, 0.3) is 0 Å². The first-order chi connectivity index (χ1) is 8.12. The average Bonchev–Trinajstić information content (AvgIpc) is 2.72. The number of nitrogens with zero attached hydrogens (tertiary/aromatic N) is 1. The average molecular weight is 278 g/mol. The standard InChI is InChI=1S/C12H17F3N2S/c1-10(2)3-5-11(16,6-4-10)8-7-17-9(18-8)12(13,14)15/h7H,3-6,16H2,1-2H3. The molecule has 2 rings (SSSR count). The Kier molecular flexibility index (Phi) is 3.22. The lowest BCUT2D eigenvalue weighted by Gasteiger charge is -2.40. The molecule has 1 aliphatic rings. The molecule has 6 heteroatoms. The molecule has 1 heterocycles. The molecule has 1 aliphatic carbocycles. The van der Waals surface area contributed by atoms with Gasteiger partial charge in [0, 0.05) is 11.1 Å². The zero-order valence-corrected chi connectivity index (χ0v) is 11.3. The highest BCUT2D eigenvalue weighted by molar-refractivity contribution is 7.11. The molecule has 0 saturated heterocycles. The van der Waals surface area contributed by atoms with E-state index in [9.17, 15) is 13.2 Å². The smallest absolute Gasteiger partial charge is 0.321 e. The molecule has 1 aromatic rings. The summed E-state index contributed by atoms with van der Waals surface area (Å²) >= 11 is 0.684. The number of rotatable bonds is 1. The molecule has 0 atom stereocenters. The van der Waals surface area contributed by atoms with Crippen molar-refractivity contribution in [2.24, 2.45) is 11.1 Å². The lowest BCUT2D eigenvalue weighted by atomic mass is 9.69. The van der Waals surface area contributed by atoms with E-state index in [0.29, 0.717) is 16.2 Å². The van der Waals surface area contributed by atoms with Gasteiger partial charge in [-0.05, 0) is 31.1 Å². The summed E-state index contributed by atoms with van der Waals surface area (Å²) in [6, 6.07) is 0. The lowest BCUT2D eigenvalue weighted by molar-refractivity contribution is -0.137. The lowest BCUT2D eigenvalue weighted by Crippen LogP contribution is -2.41. The number of thiazole rings is 1. The first-order valence-corrected chi connectivity index (χ1v) is 6.77. The molecule has 0 radical (unpaired) electrons. The van der Waals surface area contributed by atoms with Gasteiger partial charge in [0.2, 0.25) is 0 Å². The van der Waals surface area contributed by atoms with Gasteiger partial charge in [0.05, 0.1) is 5.54 Å². The molecule has 2 nitrogen and oxygen atoms in total. The summed E-state index contributed by atoms with van der Waals surface area (Å²) in [6.45, 7) is 4.33. The van der Waals surface area contributed by atoms with Crippen LogP contribution in [0.5, 0.6) is 0 Å². The molecule has 1 aromatic heterocycles. The van der Waals surface area contributed by atoms with Gasteiger partial charge < -0.3 is 5.73 Å². The monoisotopic (exact) mass is 278 g/mol. The topological polar surface area (TPSA) is 38.9 Å². The van der Waals surface area contributed by atoms with E-state index in [4.69, 9.17) is 5.73 Å². The molecule has 102 valence electrons. The molecule has 18 heavy (non-hydrogen) atoms. The minimum absolute atomic E-state index is 0.237. The second-order valence-corrected chi connectivity index (χ2v) is 6.88. The minimum Gasteiger partial charge on any atom is -0.321 e. The highest BCUT2D eigenvalue weighted by Crippen LogP contribution is 2.46. The largest absolute Gasteiger partial charge is 0.443 e. The zero-order valence-electron chi connectivity index (χ0n) is 10.5.